The third kappa shape index (κ3) is 7.34. The van der Waals surface area contributed by atoms with Crippen molar-refractivity contribution in [3.63, 3.8) is 0 Å². The lowest BCUT2D eigenvalue weighted by Crippen LogP contribution is -2.15. The van der Waals surface area contributed by atoms with Crippen LogP contribution in [0.25, 0.3) is 47.6 Å². The zero-order chi connectivity index (χ0) is 36.2. The van der Waals surface area contributed by atoms with E-state index in [1.54, 1.807) is 0 Å². The summed E-state index contributed by atoms with van der Waals surface area (Å²) >= 11 is 0. The number of hydrogen-bond donors (Lipinski definition) is 0. The van der Waals surface area contributed by atoms with Crippen LogP contribution in [-0.4, -0.2) is 0 Å². The molecule has 0 atom stereocenters. The lowest BCUT2D eigenvalue weighted by Gasteiger charge is -2.26. The van der Waals surface area contributed by atoms with Crippen molar-refractivity contribution in [2.75, 3.05) is 4.90 Å². The molecule has 8 rings (SSSR count). The van der Waals surface area contributed by atoms with Gasteiger partial charge in [0.1, 0.15) is 0 Å². The topological polar surface area (TPSA) is 3.24 Å². The highest BCUT2D eigenvalue weighted by atomic mass is 15.1. The van der Waals surface area contributed by atoms with Crippen molar-refractivity contribution in [2.45, 2.75) is 26.2 Å². The summed E-state index contributed by atoms with van der Waals surface area (Å²) in [6, 6.07) is 61.1. The van der Waals surface area contributed by atoms with E-state index in [0.717, 1.165) is 22.6 Å². The van der Waals surface area contributed by atoms with E-state index in [1.807, 2.05) is 6.07 Å². The summed E-state index contributed by atoms with van der Waals surface area (Å²) in [6.07, 6.45) is 13.2. The Labute approximate surface area is 314 Å². The van der Waals surface area contributed by atoms with E-state index in [1.165, 1.54) is 55.6 Å². The summed E-state index contributed by atoms with van der Waals surface area (Å²) < 4.78 is 0. The predicted octanol–water partition coefficient (Wildman–Crippen LogP) is 14.3. The third-order valence-electron chi connectivity index (χ3n) is 10.3. The molecule has 0 amide bonds. The molecule has 7 aromatic rings. The van der Waals surface area contributed by atoms with Crippen molar-refractivity contribution in [3.05, 3.63) is 220 Å². The monoisotopic (exact) mass is 681 g/mol. The second-order valence-corrected chi connectivity index (χ2v) is 14.4. The summed E-state index contributed by atoms with van der Waals surface area (Å²) in [7, 11) is 0. The van der Waals surface area contributed by atoms with E-state index in [2.05, 4.69) is 226 Å². The fourth-order valence-corrected chi connectivity index (χ4v) is 7.30. The molecule has 1 nitrogen and oxygen atoms in total. The predicted molar refractivity (Wildman–Crippen MR) is 230 cm³/mol. The normalized spacial score (nSPS) is 13.1. The molecule has 53 heavy (non-hydrogen) atoms. The van der Waals surface area contributed by atoms with Gasteiger partial charge in [-0.2, -0.15) is 0 Å². The summed E-state index contributed by atoms with van der Waals surface area (Å²) in [5.41, 5.74) is 17.1. The van der Waals surface area contributed by atoms with Crippen molar-refractivity contribution in [1.29, 1.82) is 0 Å². The van der Waals surface area contributed by atoms with Crippen LogP contribution < -0.4 is 4.90 Å². The van der Waals surface area contributed by atoms with Crippen LogP contribution in [0.15, 0.2) is 170 Å². The second kappa shape index (κ2) is 14.7. The van der Waals surface area contributed by atoms with Crippen molar-refractivity contribution in [2.24, 2.45) is 0 Å². The Morgan fingerprint density at radius 1 is 0.358 bits per heavy atom. The first-order valence-corrected chi connectivity index (χ1v) is 18.4. The van der Waals surface area contributed by atoms with Crippen LogP contribution in [0.4, 0.5) is 17.1 Å². The van der Waals surface area contributed by atoms with E-state index in [0.29, 0.717) is 0 Å². The standard InChI is InChI=1S/C52H43N/c1-38-14-28-45(29-15-38)53(46-30-22-41(23-31-46)17-16-39-10-6-4-7-11-39)47-32-24-42(25-33-47)19-21-44-27-35-49-48-34-26-43(20-18-40-12-8-5-9-13-40)36-50(48)52(2,3)51(49)37-44/h4-37H,1-3H3/b17-16+,20-18+,21-19+. The van der Waals surface area contributed by atoms with Gasteiger partial charge in [0, 0.05) is 22.5 Å². The summed E-state index contributed by atoms with van der Waals surface area (Å²) in [5.74, 6) is 0. The van der Waals surface area contributed by atoms with Crippen LogP contribution in [-0.2, 0) is 5.41 Å². The quantitative estimate of drug-likeness (QED) is 0.137. The molecule has 0 fully saturated rings. The van der Waals surface area contributed by atoms with E-state index >= 15 is 0 Å². The summed E-state index contributed by atoms with van der Waals surface area (Å²) in [6.45, 7) is 6.83. The van der Waals surface area contributed by atoms with Crippen LogP contribution in [0.2, 0.25) is 0 Å². The second-order valence-electron chi connectivity index (χ2n) is 14.4. The molecular weight excluding hydrogens is 639 g/mol. The maximum atomic E-state index is 2.37. The van der Waals surface area contributed by atoms with E-state index in [9.17, 15) is 0 Å². The Bertz CT molecular complexity index is 2430. The minimum atomic E-state index is -0.0808. The zero-order valence-corrected chi connectivity index (χ0v) is 30.6. The molecule has 0 aliphatic heterocycles. The fraction of sp³-hybridized carbons (Fsp3) is 0.0769. The number of anilines is 3. The van der Waals surface area contributed by atoms with Crippen LogP contribution in [0, 0.1) is 6.92 Å². The molecule has 0 N–H and O–H groups in total. The Morgan fingerprint density at radius 3 is 1.08 bits per heavy atom. The molecule has 1 aliphatic carbocycles. The number of rotatable bonds is 9. The van der Waals surface area contributed by atoms with Gasteiger partial charge < -0.3 is 4.90 Å². The van der Waals surface area contributed by atoms with E-state index in [4.69, 9.17) is 0 Å². The molecule has 7 aromatic carbocycles. The Balaban J connectivity index is 1.01. The van der Waals surface area contributed by atoms with Gasteiger partial charge in [0.05, 0.1) is 0 Å². The Hall–Kier alpha value is -6.44. The highest BCUT2D eigenvalue weighted by Crippen LogP contribution is 2.49. The number of hydrogen-bond acceptors (Lipinski definition) is 1. The van der Waals surface area contributed by atoms with E-state index in [-0.39, 0.29) is 5.41 Å². The highest BCUT2D eigenvalue weighted by Gasteiger charge is 2.35. The average Bonchev–Trinajstić information content (AvgIpc) is 3.42. The van der Waals surface area contributed by atoms with Gasteiger partial charge in [-0.15, -0.1) is 0 Å². The molecule has 256 valence electrons. The average molecular weight is 682 g/mol. The van der Waals surface area contributed by atoms with Gasteiger partial charge in [0.15, 0.2) is 0 Å². The molecule has 0 saturated carbocycles. The van der Waals surface area contributed by atoms with Crippen molar-refractivity contribution < 1.29 is 0 Å². The smallest absolute Gasteiger partial charge is 0.0462 e. The maximum absolute atomic E-state index is 2.37. The van der Waals surface area contributed by atoms with Crippen molar-refractivity contribution in [3.8, 4) is 11.1 Å². The molecule has 0 spiro atoms. The SMILES string of the molecule is Cc1ccc(N(c2ccc(/C=C/c3ccccc3)cc2)c2ccc(/C=C/c3ccc4c(c3)C(C)(C)c3cc(/C=C/c5ccccc5)ccc3-4)cc2)cc1. The first kappa shape index (κ1) is 33.7. The third-order valence-corrected chi connectivity index (χ3v) is 10.3. The maximum Gasteiger partial charge on any atom is 0.0462 e. The van der Waals surface area contributed by atoms with Gasteiger partial charge in [0.25, 0.3) is 0 Å². The molecule has 0 radical (unpaired) electrons. The summed E-state index contributed by atoms with van der Waals surface area (Å²) in [4.78, 5) is 2.32. The first-order valence-electron chi connectivity index (χ1n) is 18.4. The van der Waals surface area contributed by atoms with Crippen LogP contribution in [0.5, 0.6) is 0 Å². The van der Waals surface area contributed by atoms with Crippen LogP contribution in [0.3, 0.4) is 0 Å². The van der Waals surface area contributed by atoms with Gasteiger partial charge in [-0.3, -0.25) is 0 Å². The fourth-order valence-electron chi connectivity index (χ4n) is 7.30. The van der Waals surface area contributed by atoms with Gasteiger partial charge in [-0.05, 0) is 99.0 Å². The Kier molecular flexibility index (Phi) is 9.32. The lowest BCUT2D eigenvalue weighted by atomic mass is 9.81. The molecule has 0 bridgehead atoms. The lowest BCUT2D eigenvalue weighted by molar-refractivity contribution is 0.660. The molecule has 0 heterocycles. The highest BCUT2D eigenvalue weighted by molar-refractivity contribution is 5.85. The minimum Gasteiger partial charge on any atom is -0.311 e. The van der Waals surface area contributed by atoms with Crippen molar-refractivity contribution in [1.82, 2.24) is 0 Å². The first-order chi connectivity index (χ1) is 25.9. The van der Waals surface area contributed by atoms with Gasteiger partial charge in [0.2, 0.25) is 0 Å². The molecule has 0 unspecified atom stereocenters. The van der Waals surface area contributed by atoms with E-state index < -0.39 is 0 Å². The Morgan fingerprint density at radius 2 is 0.679 bits per heavy atom. The van der Waals surface area contributed by atoms with Gasteiger partial charge in [-0.25, -0.2) is 0 Å². The number of fused-ring (bicyclic) bond motifs is 3. The molecule has 1 heteroatoms. The summed E-state index contributed by atoms with van der Waals surface area (Å²) in [5, 5.41) is 0. The largest absolute Gasteiger partial charge is 0.311 e. The molecule has 0 saturated heterocycles. The van der Waals surface area contributed by atoms with Crippen LogP contribution in [0.1, 0.15) is 63.9 Å². The van der Waals surface area contributed by atoms with Crippen molar-refractivity contribution >= 4 is 53.5 Å². The van der Waals surface area contributed by atoms with Crippen LogP contribution >= 0.6 is 0 Å². The molecule has 0 aromatic heterocycles. The number of benzene rings is 7. The number of nitrogens with zero attached hydrogens (tertiary/aromatic N) is 1. The van der Waals surface area contributed by atoms with Gasteiger partial charge in [-0.1, -0.05) is 189 Å². The van der Waals surface area contributed by atoms with Gasteiger partial charge >= 0.3 is 0 Å². The zero-order valence-electron chi connectivity index (χ0n) is 30.6. The molecule has 1 aliphatic rings. The molecular formula is C52H43N. The minimum absolute atomic E-state index is 0.0808. The number of aryl methyl sites for hydroxylation is 1.